The van der Waals surface area contributed by atoms with E-state index < -0.39 is 0 Å². The van der Waals surface area contributed by atoms with E-state index in [-0.39, 0.29) is 0 Å². The largest absolute Gasteiger partial charge is 0.381 e. The molecule has 0 spiro atoms. The normalized spacial score (nSPS) is 33.8. The zero-order valence-electron chi connectivity index (χ0n) is 13.2. The summed E-state index contributed by atoms with van der Waals surface area (Å²) in [5.74, 6) is 0.924. The molecule has 0 amide bonds. The van der Waals surface area contributed by atoms with Crippen LogP contribution in [0.2, 0.25) is 0 Å². The molecule has 0 aromatic carbocycles. The minimum atomic E-state index is 0.386. The molecule has 3 fully saturated rings. The SMILES string of the molecule is CC1(N2CCCNC(C3CCCCC3)C2)CCOCC1. The van der Waals surface area contributed by atoms with Gasteiger partial charge in [0.25, 0.3) is 0 Å². The molecule has 3 aliphatic rings. The Labute approximate surface area is 124 Å². The Balaban J connectivity index is 1.64. The van der Waals surface area contributed by atoms with Gasteiger partial charge >= 0.3 is 0 Å². The monoisotopic (exact) mass is 280 g/mol. The molecule has 2 aliphatic heterocycles. The van der Waals surface area contributed by atoms with Crippen LogP contribution in [0.25, 0.3) is 0 Å². The highest BCUT2D eigenvalue weighted by Gasteiger charge is 2.37. The number of hydrogen-bond acceptors (Lipinski definition) is 3. The Morgan fingerprint density at radius 1 is 1.05 bits per heavy atom. The molecule has 3 rings (SSSR count). The fourth-order valence-corrected chi connectivity index (χ4v) is 4.42. The lowest BCUT2D eigenvalue weighted by molar-refractivity contribution is -0.0222. The molecule has 116 valence electrons. The average molecular weight is 280 g/mol. The second-order valence-corrected chi connectivity index (χ2v) is 7.37. The van der Waals surface area contributed by atoms with Crippen LogP contribution in [0.3, 0.4) is 0 Å². The van der Waals surface area contributed by atoms with Crippen LogP contribution in [-0.4, -0.2) is 49.3 Å². The Morgan fingerprint density at radius 3 is 2.55 bits per heavy atom. The third kappa shape index (κ3) is 3.37. The van der Waals surface area contributed by atoms with Crippen molar-refractivity contribution in [3.63, 3.8) is 0 Å². The van der Waals surface area contributed by atoms with Gasteiger partial charge in [-0.05, 0) is 58.0 Å². The lowest BCUT2D eigenvalue weighted by atomic mass is 9.82. The van der Waals surface area contributed by atoms with Gasteiger partial charge < -0.3 is 10.1 Å². The number of rotatable bonds is 2. The topological polar surface area (TPSA) is 24.5 Å². The maximum absolute atomic E-state index is 5.59. The molecule has 1 saturated carbocycles. The summed E-state index contributed by atoms with van der Waals surface area (Å²) in [6.45, 7) is 8.12. The molecular formula is C17H32N2O. The summed E-state index contributed by atoms with van der Waals surface area (Å²) in [6, 6.07) is 0.734. The lowest BCUT2D eigenvalue weighted by Crippen LogP contribution is -2.54. The summed E-state index contributed by atoms with van der Waals surface area (Å²) < 4.78 is 5.59. The van der Waals surface area contributed by atoms with Crippen LogP contribution in [0, 0.1) is 5.92 Å². The first-order valence-corrected chi connectivity index (χ1v) is 8.84. The molecule has 2 saturated heterocycles. The van der Waals surface area contributed by atoms with Crippen molar-refractivity contribution in [2.75, 3.05) is 32.8 Å². The zero-order valence-corrected chi connectivity index (χ0v) is 13.2. The predicted octanol–water partition coefficient (Wildman–Crippen LogP) is 2.80. The van der Waals surface area contributed by atoms with Gasteiger partial charge in [-0.3, -0.25) is 4.90 Å². The van der Waals surface area contributed by atoms with Crippen molar-refractivity contribution in [1.29, 1.82) is 0 Å². The van der Waals surface area contributed by atoms with Crippen molar-refractivity contribution < 1.29 is 4.74 Å². The summed E-state index contributed by atoms with van der Waals surface area (Å²) in [5, 5.41) is 3.86. The van der Waals surface area contributed by atoms with Gasteiger partial charge in [0.15, 0.2) is 0 Å². The van der Waals surface area contributed by atoms with Crippen molar-refractivity contribution in [2.24, 2.45) is 5.92 Å². The number of hydrogen-bond donors (Lipinski definition) is 1. The Bertz CT molecular complexity index is 295. The number of nitrogens with zero attached hydrogens (tertiary/aromatic N) is 1. The highest BCUT2D eigenvalue weighted by Crippen LogP contribution is 2.32. The van der Waals surface area contributed by atoms with Crippen molar-refractivity contribution in [2.45, 2.75) is 69.9 Å². The van der Waals surface area contributed by atoms with E-state index in [1.54, 1.807) is 0 Å². The molecule has 0 bridgehead atoms. The minimum absolute atomic E-state index is 0.386. The van der Waals surface area contributed by atoms with E-state index in [2.05, 4.69) is 17.1 Å². The molecular weight excluding hydrogens is 248 g/mol. The fourth-order valence-electron chi connectivity index (χ4n) is 4.42. The van der Waals surface area contributed by atoms with Crippen LogP contribution < -0.4 is 5.32 Å². The van der Waals surface area contributed by atoms with E-state index in [0.29, 0.717) is 5.54 Å². The Kier molecular flexibility index (Phi) is 5.00. The maximum Gasteiger partial charge on any atom is 0.0483 e. The summed E-state index contributed by atoms with van der Waals surface area (Å²) in [7, 11) is 0. The smallest absolute Gasteiger partial charge is 0.0483 e. The maximum atomic E-state index is 5.59. The van der Waals surface area contributed by atoms with Gasteiger partial charge in [0.1, 0.15) is 0 Å². The van der Waals surface area contributed by atoms with E-state index in [9.17, 15) is 0 Å². The molecule has 3 heteroatoms. The summed E-state index contributed by atoms with van der Waals surface area (Å²) >= 11 is 0. The molecule has 1 N–H and O–H groups in total. The van der Waals surface area contributed by atoms with Crippen molar-refractivity contribution >= 4 is 0 Å². The fraction of sp³-hybridized carbons (Fsp3) is 1.00. The summed E-state index contributed by atoms with van der Waals surface area (Å²) in [4.78, 5) is 2.80. The predicted molar refractivity (Wildman–Crippen MR) is 83.0 cm³/mol. The lowest BCUT2D eigenvalue weighted by Gasteiger charge is -2.45. The third-order valence-electron chi connectivity index (χ3n) is 5.98. The zero-order chi connectivity index (χ0) is 13.8. The summed E-state index contributed by atoms with van der Waals surface area (Å²) in [6.07, 6.45) is 11.0. The van der Waals surface area contributed by atoms with Gasteiger partial charge in [-0.25, -0.2) is 0 Å². The van der Waals surface area contributed by atoms with Crippen molar-refractivity contribution in [3.8, 4) is 0 Å². The van der Waals surface area contributed by atoms with Crippen LogP contribution in [0.5, 0.6) is 0 Å². The average Bonchev–Trinajstić information content (AvgIpc) is 2.75. The number of nitrogens with one attached hydrogen (secondary N) is 1. The Morgan fingerprint density at radius 2 is 1.80 bits per heavy atom. The van der Waals surface area contributed by atoms with Gasteiger partial charge in [0.05, 0.1) is 0 Å². The molecule has 0 radical (unpaired) electrons. The summed E-state index contributed by atoms with van der Waals surface area (Å²) in [5.41, 5.74) is 0.386. The van der Waals surface area contributed by atoms with Crippen LogP contribution in [-0.2, 0) is 4.74 Å². The quantitative estimate of drug-likeness (QED) is 0.842. The third-order valence-corrected chi connectivity index (χ3v) is 5.98. The molecule has 2 heterocycles. The van der Waals surface area contributed by atoms with Gasteiger partial charge in [0, 0.05) is 31.3 Å². The highest BCUT2D eigenvalue weighted by molar-refractivity contribution is 4.93. The molecule has 1 aliphatic carbocycles. The second-order valence-electron chi connectivity index (χ2n) is 7.37. The van der Waals surface area contributed by atoms with Gasteiger partial charge in [-0.15, -0.1) is 0 Å². The number of ether oxygens (including phenoxy) is 1. The van der Waals surface area contributed by atoms with Crippen molar-refractivity contribution in [1.82, 2.24) is 10.2 Å². The van der Waals surface area contributed by atoms with E-state index in [1.807, 2.05) is 0 Å². The minimum Gasteiger partial charge on any atom is -0.381 e. The molecule has 0 aromatic heterocycles. The van der Waals surface area contributed by atoms with Crippen LogP contribution in [0.1, 0.15) is 58.3 Å². The molecule has 3 nitrogen and oxygen atoms in total. The van der Waals surface area contributed by atoms with E-state index in [1.165, 1.54) is 71.0 Å². The van der Waals surface area contributed by atoms with Crippen LogP contribution in [0.4, 0.5) is 0 Å². The standard InChI is InChI=1S/C17H32N2O/c1-17(8-12-20-13-9-17)19-11-5-10-18-16(14-19)15-6-3-2-4-7-15/h15-16,18H,2-14H2,1H3. The van der Waals surface area contributed by atoms with E-state index in [0.717, 1.165) is 25.2 Å². The molecule has 20 heavy (non-hydrogen) atoms. The first-order chi connectivity index (χ1) is 9.78. The molecule has 1 unspecified atom stereocenters. The highest BCUT2D eigenvalue weighted by atomic mass is 16.5. The molecule has 1 atom stereocenters. The first kappa shape index (κ1) is 14.8. The van der Waals surface area contributed by atoms with Crippen LogP contribution in [0.15, 0.2) is 0 Å². The van der Waals surface area contributed by atoms with Crippen LogP contribution >= 0.6 is 0 Å². The molecule has 0 aromatic rings. The Hall–Kier alpha value is -0.120. The first-order valence-electron chi connectivity index (χ1n) is 8.84. The van der Waals surface area contributed by atoms with E-state index >= 15 is 0 Å². The van der Waals surface area contributed by atoms with Gasteiger partial charge in [-0.2, -0.15) is 0 Å². The second kappa shape index (κ2) is 6.76. The van der Waals surface area contributed by atoms with Gasteiger partial charge in [0.2, 0.25) is 0 Å². The van der Waals surface area contributed by atoms with Gasteiger partial charge in [-0.1, -0.05) is 19.3 Å². The van der Waals surface area contributed by atoms with E-state index in [4.69, 9.17) is 4.74 Å². The van der Waals surface area contributed by atoms with Crippen molar-refractivity contribution in [3.05, 3.63) is 0 Å².